The molecule has 0 spiro atoms. The first kappa shape index (κ1) is 9.50. The largest absolute Gasteiger partial charge is 0.254 e. The Morgan fingerprint density at radius 2 is 1.71 bits per heavy atom. The maximum absolute atomic E-state index is 5.89. The molecular weight excluding hydrogens is 217 g/mol. The van der Waals surface area contributed by atoms with Gasteiger partial charge in [-0.05, 0) is 29.8 Å². The van der Waals surface area contributed by atoms with Gasteiger partial charge in [-0.25, -0.2) is 0 Å². The molecule has 0 aliphatic rings. The quantitative estimate of drug-likeness (QED) is 0.715. The second kappa shape index (κ2) is 3.99. The normalized spacial score (nSPS) is 10.1. The zero-order valence-corrected chi connectivity index (χ0v) is 8.68. The summed E-state index contributed by atoms with van der Waals surface area (Å²) in [5.74, 6) is 0. The monoisotopic (exact) mass is 222 g/mol. The van der Waals surface area contributed by atoms with Gasteiger partial charge in [0.1, 0.15) is 0 Å². The molecule has 1 radical (unpaired) electrons. The van der Waals surface area contributed by atoms with E-state index < -0.39 is 0 Å². The SMILES string of the molecule is Clc1cc(Cl)cc(-c2cc[c]nc2)c1. The van der Waals surface area contributed by atoms with Gasteiger partial charge in [-0.2, -0.15) is 0 Å². The minimum atomic E-state index is 0.625. The second-order valence-corrected chi connectivity index (χ2v) is 3.71. The van der Waals surface area contributed by atoms with Crippen molar-refractivity contribution in [2.45, 2.75) is 0 Å². The van der Waals surface area contributed by atoms with Gasteiger partial charge in [-0.3, -0.25) is 4.98 Å². The minimum Gasteiger partial charge on any atom is -0.254 e. The molecular formula is C11H6Cl2N. The molecule has 0 bridgehead atoms. The summed E-state index contributed by atoms with van der Waals surface area (Å²) in [5.41, 5.74) is 1.94. The Labute approximate surface area is 92.3 Å². The number of benzene rings is 1. The molecule has 2 aromatic rings. The number of rotatable bonds is 1. The average Bonchev–Trinajstić information content (AvgIpc) is 2.18. The van der Waals surface area contributed by atoms with Crippen molar-refractivity contribution in [1.82, 2.24) is 4.98 Å². The highest BCUT2D eigenvalue weighted by molar-refractivity contribution is 6.35. The average molecular weight is 223 g/mol. The summed E-state index contributed by atoms with van der Waals surface area (Å²) in [6.07, 6.45) is 4.44. The van der Waals surface area contributed by atoms with Crippen LogP contribution in [0.3, 0.4) is 0 Å². The molecule has 0 unspecified atom stereocenters. The Hall–Kier alpha value is -1.05. The van der Waals surface area contributed by atoms with E-state index in [0.29, 0.717) is 10.0 Å². The lowest BCUT2D eigenvalue weighted by atomic mass is 10.1. The predicted molar refractivity (Wildman–Crippen MR) is 58.5 cm³/mol. The number of nitrogens with zero attached hydrogens (tertiary/aromatic N) is 1. The van der Waals surface area contributed by atoms with Gasteiger partial charge in [-0.1, -0.05) is 29.3 Å². The van der Waals surface area contributed by atoms with Gasteiger partial charge in [0.2, 0.25) is 0 Å². The highest BCUT2D eigenvalue weighted by Gasteiger charge is 2.00. The van der Waals surface area contributed by atoms with E-state index in [0.717, 1.165) is 11.1 Å². The predicted octanol–water partition coefficient (Wildman–Crippen LogP) is 3.86. The summed E-state index contributed by atoms with van der Waals surface area (Å²) in [4.78, 5) is 3.91. The van der Waals surface area contributed by atoms with E-state index >= 15 is 0 Å². The van der Waals surface area contributed by atoms with Crippen molar-refractivity contribution in [3.8, 4) is 11.1 Å². The van der Waals surface area contributed by atoms with Crippen LogP contribution < -0.4 is 0 Å². The van der Waals surface area contributed by atoms with Crippen LogP contribution in [-0.4, -0.2) is 4.98 Å². The van der Waals surface area contributed by atoms with Gasteiger partial charge in [0.25, 0.3) is 0 Å². The zero-order valence-electron chi connectivity index (χ0n) is 7.17. The fourth-order valence-electron chi connectivity index (χ4n) is 1.21. The van der Waals surface area contributed by atoms with Crippen LogP contribution in [0.25, 0.3) is 11.1 Å². The lowest BCUT2D eigenvalue weighted by Gasteiger charge is -2.01. The molecule has 2 rings (SSSR count). The Balaban J connectivity index is 2.52. The number of pyridine rings is 1. The molecule has 0 saturated heterocycles. The summed E-state index contributed by atoms with van der Waals surface area (Å²) in [6.45, 7) is 0. The molecule has 1 heterocycles. The van der Waals surface area contributed by atoms with Gasteiger partial charge < -0.3 is 0 Å². The Morgan fingerprint density at radius 3 is 2.29 bits per heavy atom. The van der Waals surface area contributed by atoms with E-state index in [4.69, 9.17) is 23.2 Å². The van der Waals surface area contributed by atoms with E-state index in [1.165, 1.54) is 0 Å². The lowest BCUT2D eigenvalue weighted by Crippen LogP contribution is -1.79. The summed E-state index contributed by atoms with van der Waals surface area (Å²) < 4.78 is 0. The van der Waals surface area contributed by atoms with E-state index in [-0.39, 0.29) is 0 Å². The molecule has 0 aliphatic carbocycles. The number of hydrogen-bond donors (Lipinski definition) is 0. The van der Waals surface area contributed by atoms with Gasteiger partial charge in [0.05, 0.1) is 6.20 Å². The third kappa shape index (κ3) is 2.06. The highest BCUT2D eigenvalue weighted by atomic mass is 35.5. The Morgan fingerprint density at radius 1 is 1.00 bits per heavy atom. The fourth-order valence-corrected chi connectivity index (χ4v) is 1.74. The van der Waals surface area contributed by atoms with Crippen LogP contribution >= 0.6 is 23.2 Å². The van der Waals surface area contributed by atoms with Crippen LogP contribution in [0.5, 0.6) is 0 Å². The van der Waals surface area contributed by atoms with Crippen molar-refractivity contribution in [3.05, 3.63) is 52.8 Å². The molecule has 1 aromatic heterocycles. The maximum Gasteiger partial charge on any atom is 0.0886 e. The minimum absolute atomic E-state index is 0.625. The molecule has 14 heavy (non-hydrogen) atoms. The zero-order chi connectivity index (χ0) is 9.97. The first-order valence-corrected chi connectivity index (χ1v) is 4.80. The molecule has 0 N–H and O–H groups in total. The van der Waals surface area contributed by atoms with Crippen LogP contribution in [0.4, 0.5) is 0 Å². The number of aromatic nitrogens is 1. The Bertz CT molecular complexity index is 420. The second-order valence-electron chi connectivity index (χ2n) is 2.83. The number of hydrogen-bond acceptors (Lipinski definition) is 1. The van der Waals surface area contributed by atoms with Gasteiger partial charge in [0.15, 0.2) is 0 Å². The van der Waals surface area contributed by atoms with E-state index in [1.807, 2.05) is 18.2 Å². The van der Waals surface area contributed by atoms with Gasteiger partial charge in [0, 0.05) is 21.8 Å². The number of halogens is 2. The van der Waals surface area contributed by atoms with E-state index in [2.05, 4.69) is 11.2 Å². The highest BCUT2D eigenvalue weighted by Crippen LogP contribution is 2.26. The van der Waals surface area contributed by atoms with E-state index in [1.54, 1.807) is 18.3 Å². The van der Waals surface area contributed by atoms with Crippen molar-refractivity contribution in [3.63, 3.8) is 0 Å². The molecule has 0 aliphatic heterocycles. The van der Waals surface area contributed by atoms with Gasteiger partial charge in [-0.15, -0.1) is 0 Å². The third-order valence-corrected chi connectivity index (χ3v) is 2.25. The molecule has 0 fully saturated rings. The van der Waals surface area contributed by atoms with Crippen LogP contribution in [0, 0.1) is 6.20 Å². The smallest absolute Gasteiger partial charge is 0.0886 e. The summed E-state index contributed by atoms with van der Waals surface area (Å²) in [6, 6.07) is 9.07. The first-order valence-electron chi connectivity index (χ1n) is 4.04. The van der Waals surface area contributed by atoms with Crippen molar-refractivity contribution >= 4 is 23.2 Å². The Kier molecular flexibility index (Phi) is 2.71. The summed E-state index contributed by atoms with van der Waals surface area (Å²) >= 11 is 11.8. The third-order valence-electron chi connectivity index (χ3n) is 1.81. The van der Waals surface area contributed by atoms with Crippen molar-refractivity contribution in [1.29, 1.82) is 0 Å². The standard InChI is InChI=1S/C11H6Cl2N/c12-10-4-9(5-11(13)6-10)8-2-1-3-14-7-8/h1-2,4-7H. The molecule has 3 heteroatoms. The van der Waals surface area contributed by atoms with Gasteiger partial charge >= 0.3 is 0 Å². The molecule has 0 amide bonds. The molecule has 1 nitrogen and oxygen atoms in total. The lowest BCUT2D eigenvalue weighted by molar-refractivity contribution is 1.31. The van der Waals surface area contributed by atoms with Crippen molar-refractivity contribution in [2.24, 2.45) is 0 Å². The maximum atomic E-state index is 5.89. The molecule has 0 saturated carbocycles. The van der Waals surface area contributed by atoms with Crippen LogP contribution in [0.15, 0.2) is 36.5 Å². The summed E-state index contributed by atoms with van der Waals surface area (Å²) in [5, 5.41) is 1.25. The van der Waals surface area contributed by atoms with Crippen LogP contribution in [0.2, 0.25) is 10.0 Å². The van der Waals surface area contributed by atoms with Crippen LogP contribution in [-0.2, 0) is 0 Å². The van der Waals surface area contributed by atoms with E-state index in [9.17, 15) is 0 Å². The molecule has 69 valence electrons. The molecule has 0 atom stereocenters. The van der Waals surface area contributed by atoms with Crippen molar-refractivity contribution in [2.75, 3.05) is 0 Å². The molecule has 1 aromatic carbocycles. The van der Waals surface area contributed by atoms with Crippen LogP contribution in [0.1, 0.15) is 0 Å². The topological polar surface area (TPSA) is 12.9 Å². The summed E-state index contributed by atoms with van der Waals surface area (Å²) in [7, 11) is 0. The van der Waals surface area contributed by atoms with Crippen molar-refractivity contribution < 1.29 is 0 Å². The fraction of sp³-hybridized carbons (Fsp3) is 0. The first-order chi connectivity index (χ1) is 6.75.